The summed E-state index contributed by atoms with van der Waals surface area (Å²) in [6.07, 6.45) is 0. The van der Waals surface area contributed by atoms with Crippen molar-refractivity contribution in [2.45, 2.75) is 0 Å². The second kappa shape index (κ2) is 6.29. The molecule has 2 aromatic heterocycles. The third-order valence-electron chi connectivity index (χ3n) is 3.12. The Morgan fingerprint density at radius 3 is 2.65 bits per heavy atom. The molecule has 7 heteroatoms. The SMILES string of the molecule is COC(=O)COc1c(-c2ccc(Br)o2)oc2ccccc2c1=O. The van der Waals surface area contributed by atoms with Crippen molar-refractivity contribution < 1.29 is 23.1 Å². The molecular formula is C16H11BrO6. The van der Waals surface area contributed by atoms with Gasteiger partial charge in [-0.1, -0.05) is 12.1 Å². The summed E-state index contributed by atoms with van der Waals surface area (Å²) in [5.41, 5.74) is 0.00344. The van der Waals surface area contributed by atoms with Gasteiger partial charge >= 0.3 is 5.97 Å². The van der Waals surface area contributed by atoms with Gasteiger partial charge in [0.1, 0.15) is 5.58 Å². The van der Waals surface area contributed by atoms with Crippen LogP contribution in [-0.4, -0.2) is 19.7 Å². The monoisotopic (exact) mass is 378 g/mol. The van der Waals surface area contributed by atoms with Crippen LogP contribution in [0, 0.1) is 0 Å². The van der Waals surface area contributed by atoms with Crippen molar-refractivity contribution in [3.63, 3.8) is 0 Å². The summed E-state index contributed by atoms with van der Waals surface area (Å²) in [7, 11) is 1.24. The van der Waals surface area contributed by atoms with Crippen molar-refractivity contribution >= 4 is 32.9 Å². The van der Waals surface area contributed by atoms with Crippen LogP contribution >= 0.6 is 15.9 Å². The highest BCUT2D eigenvalue weighted by atomic mass is 79.9. The van der Waals surface area contributed by atoms with E-state index in [-0.39, 0.29) is 11.5 Å². The van der Waals surface area contributed by atoms with Crippen molar-refractivity contribution in [3.05, 3.63) is 51.3 Å². The average Bonchev–Trinajstić information content (AvgIpc) is 3.00. The quantitative estimate of drug-likeness (QED) is 0.647. The minimum atomic E-state index is -0.607. The molecule has 3 rings (SSSR count). The fraction of sp³-hybridized carbons (Fsp3) is 0.125. The van der Waals surface area contributed by atoms with Gasteiger partial charge in [0.25, 0.3) is 0 Å². The summed E-state index contributed by atoms with van der Waals surface area (Å²) in [4.78, 5) is 23.9. The maximum absolute atomic E-state index is 12.6. The third kappa shape index (κ3) is 3.00. The van der Waals surface area contributed by atoms with Gasteiger partial charge in [0.2, 0.25) is 16.9 Å². The Bertz CT molecular complexity index is 924. The molecule has 0 saturated carbocycles. The molecule has 0 atom stereocenters. The molecule has 0 fully saturated rings. The first-order valence-corrected chi connectivity index (χ1v) is 7.40. The molecule has 23 heavy (non-hydrogen) atoms. The highest BCUT2D eigenvalue weighted by molar-refractivity contribution is 9.10. The predicted molar refractivity (Wildman–Crippen MR) is 85.4 cm³/mol. The smallest absolute Gasteiger partial charge is 0.343 e. The zero-order chi connectivity index (χ0) is 16.4. The summed E-state index contributed by atoms with van der Waals surface area (Å²) in [5, 5.41) is 0.349. The maximum atomic E-state index is 12.6. The van der Waals surface area contributed by atoms with Crippen LogP contribution in [-0.2, 0) is 9.53 Å². The lowest BCUT2D eigenvalue weighted by Crippen LogP contribution is -2.17. The van der Waals surface area contributed by atoms with Gasteiger partial charge in [0.05, 0.1) is 12.5 Å². The normalized spacial score (nSPS) is 10.7. The van der Waals surface area contributed by atoms with E-state index in [1.54, 1.807) is 36.4 Å². The van der Waals surface area contributed by atoms with Crippen LogP contribution < -0.4 is 10.2 Å². The zero-order valence-electron chi connectivity index (χ0n) is 12.0. The molecule has 6 nitrogen and oxygen atoms in total. The fourth-order valence-corrected chi connectivity index (χ4v) is 2.35. The van der Waals surface area contributed by atoms with Crippen LogP contribution in [0.15, 0.2) is 54.7 Å². The van der Waals surface area contributed by atoms with Crippen LogP contribution in [0.2, 0.25) is 0 Å². The summed E-state index contributed by atoms with van der Waals surface area (Å²) in [5.74, 6) is -0.289. The standard InChI is InChI=1S/C16H11BrO6/c1-20-13(18)8-21-16-14(19)9-4-2-3-5-10(9)23-15(16)11-6-7-12(17)22-11/h2-7H,8H2,1H3. The number of ether oxygens (including phenoxy) is 2. The van der Waals surface area contributed by atoms with Gasteiger partial charge in [-0.15, -0.1) is 0 Å². The number of fused-ring (bicyclic) bond motifs is 1. The van der Waals surface area contributed by atoms with E-state index in [1.165, 1.54) is 7.11 Å². The van der Waals surface area contributed by atoms with E-state index >= 15 is 0 Å². The van der Waals surface area contributed by atoms with Crippen LogP contribution in [0.25, 0.3) is 22.5 Å². The minimum Gasteiger partial charge on any atom is -0.474 e. The topological polar surface area (TPSA) is 78.9 Å². The molecule has 3 aromatic rings. The predicted octanol–water partition coefficient (Wildman–Crippen LogP) is 3.37. The van der Waals surface area contributed by atoms with Gasteiger partial charge in [-0.25, -0.2) is 4.79 Å². The van der Waals surface area contributed by atoms with E-state index in [0.717, 1.165) is 0 Å². The second-order valence-electron chi connectivity index (χ2n) is 4.55. The number of carbonyl (C=O) groups is 1. The number of esters is 1. The molecule has 0 bridgehead atoms. The highest BCUT2D eigenvalue weighted by Crippen LogP contribution is 2.33. The molecule has 0 aliphatic carbocycles. The first-order chi connectivity index (χ1) is 11.1. The fourth-order valence-electron chi connectivity index (χ4n) is 2.04. The van der Waals surface area contributed by atoms with Crippen molar-refractivity contribution in [3.8, 4) is 17.3 Å². The number of rotatable bonds is 4. The van der Waals surface area contributed by atoms with Crippen LogP contribution in [0.5, 0.6) is 5.75 Å². The molecular weight excluding hydrogens is 368 g/mol. The molecule has 0 radical (unpaired) electrons. The maximum Gasteiger partial charge on any atom is 0.343 e. The molecule has 2 heterocycles. The number of methoxy groups -OCH3 is 1. The molecule has 0 N–H and O–H groups in total. The first-order valence-electron chi connectivity index (χ1n) is 6.61. The molecule has 0 aliphatic rings. The lowest BCUT2D eigenvalue weighted by atomic mass is 10.2. The van der Waals surface area contributed by atoms with Crippen molar-refractivity contribution in [1.29, 1.82) is 0 Å². The Morgan fingerprint density at radius 2 is 1.96 bits per heavy atom. The van der Waals surface area contributed by atoms with Crippen LogP contribution in [0.1, 0.15) is 0 Å². The molecule has 0 aliphatic heterocycles. The average molecular weight is 379 g/mol. The van der Waals surface area contributed by atoms with Gasteiger partial charge in [0, 0.05) is 0 Å². The van der Waals surface area contributed by atoms with E-state index < -0.39 is 18.0 Å². The second-order valence-corrected chi connectivity index (χ2v) is 5.34. The van der Waals surface area contributed by atoms with Gasteiger partial charge in [0.15, 0.2) is 17.0 Å². The third-order valence-corrected chi connectivity index (χ3v) is 3.54. The van der Waals surface area contributed by atoms with Crippen molar-refractivity contribution in [1.82, 2.24) is 0 Å². The summed E-state index contributed by atoms with van der Waals surface area (Å²) >= 11 is 3.19. The Kier molecular flexibility index (Phi) is 4.20. The lowest BCUT2D eigenvalue weighted by Gasteiger charge is -2.09. The van der Waals surface area contributed by atoms with Gasteiger partial charge in [-0.2, -0.15) is 0 Å². The van der Waals surface area contributed by atoms with E-state index in [2.05, 4.69) is 20.7 Å². The highest BCUT2D eigenvalue weighted by Gasteiger charge is 2.21. The van der Waals surface area contributed by atoms with Crippen molar-refractivity contribution in [2.75, 3.05) is 13.7 Å². The van der Waals surface area contributed by atoms with Gasteiger partial charge in [-0.05, 0) is 40.2 Å². The van der Waals surface area contributed by atoms with Gasteiger partial charge in [-0.3, -0.25) is 4.79 Å². The van der Waals surface area contributed by atoms with Crippen molar-refractivity contribution in [2.24, 2.45) is 0 Å². The summed E-state index contributed by atoms with van der Waals surface area (Å²) in [6.45, 7) is -0.408. The molecule has 0 saturated heterocycles. The van der Waals surface area contributed by atoms with Crippen LogP contribution in [0.3, 0.4) is 0 Å². The summed E-state index contributed by atoms with van der Waals surface area (Å²) < 4.78 is 21.5. The molecule has 118 valence electrons. The largest absolute Gasteiger partial charge is 0.474 e. The van der Waals surface area contributed by atoms with Crippen LogP contribution in [0.4, 0.5) is 0 Å². The number of benzene rings is 1. The number of furan rings is 1. The number of hydrogen-bond acceptors (Lipinski definition) is 6. The Labute approximate surface area is 138 Å². The minimum absolute atomic E-state index is 0.101. The summed E-state index contributed by atoms with van der Waals surface area (Å²) in [6, 6.07) is 10.0. The van der Waals surface area contributed by atoms with E-state index in [1.807, 2.05) is 0 Å². The Morgan fingerprint density at radius 1 is 1.17 bits per heavy atom. The number of carbonyl (C=O) groups excluding carboxylic acids is 1. The van der Waals surface area contributed by atoms with Gasteiger partial charge < -0.3 is 18.3 Å². The van der Waals surface area contributed by atoms with E-state index in [0.29, 0.717) is 21.4 Å². The molecule has 0 unspecified atom stereocenters. The van der Waals surface area contributed by atoms with E-state index in [4.69, 9.17) is 13.6 Å². The lowest BCUT2D eigenvalue weighted by molar-refractivity contribution is -0.142. The molecule has 1 aromatic carbocycles. The Balaban J connectivity index is 2.18. The number of para-hydroxylation sites is 1. The number of halogens is 1. The molecule has 0 amide bonds. The Hall–Kier alpha value is -2.54. The van der Waals surface area contributed by atoms with E-state index in [9.17, 15) is 9.59 Å². The first kappa shape index (κ1) is 15.4. The number of hydrogen-bond donors (Lipinski definition) is 0. The zero-order valence-corrected chi connectivity index (χ0v) is 13.6. The molecule has 0 spiro atoms.